The Morgan fingerprint density at radius 1 is 1.10 bits per heavy atom. The van der Waals surface area contributed by atoms with Gasteiger partial charge >= 0.3 is 0 Å². The zero-order valence-electron chi connectivity index (χ0n) is 15.0. The van der Waals surface area contributed by atoms with Gasteiger partial charge in [0.1, 0.15) is 5.82 Å². The lowest BCUT2D eigenvalue weighted by molar-refractivity contribution is 0.0928. The SMILES string of the molecule is CNC(=O)c1nc(-c2ccc(NC(=O)c3ccc(F)cc3Cl)cc2)oc1C(N)=O. The number of anilines is 1. The van der Waals surface area contributed by atoms with Gasteiger partial charge in [0.25, 0.3) is 17.7 Å². The van der Waals surface area contributed by atoms with Crippen molar-refractivity contribution in [3.63, 3.8) is 0 Å². The average molecular weight is 417 g/mol. The molecule has 0 spiro atoms. The molecule has 0 aliphatic rings. The Labute approximate surface area is 168 Å². The summed E-state index contributed by atoms with van der Waals surface area (Å²) >= 11 is 5.88. The number of aromatic nitrogens is 1. The summed E-state index contributed by atoms with van der Waals surface area (Å²) in [6, 6.07) is 9.68. The van der Waals surface area contributed by atoms with E-state index in [0.29, 0.717) is 11.3 Å². The second-order valence-corrected chi connectivity index (χ2v) is 6.20. The molecule has 3 rings (SSSR count). The Bertz CT molecular complexity index is 1110. The van der Waals surface area contributed by atoms with Crippen LogP contribution in [-0.2, 0) is 0 Å². The monoisotopic (exact) mass is 416 g/mol. The molecule has 0 bridgehead atoms. The van der Waals surface area contributed by atoms with E-state index in [-0.39, 0.29) is 27.9 Å². The molecule has 10 heteroatoms. The largest absolute Gasteiger partial charge is 0.430 e. The van der Waals surface area contributed by atoms with E-state index in [1.165, 1.54) is 13.1 Å². The first kappa shape index (κ1) is 20.0. The Morgan fingerprint density at radius 3 is 2.38 bits per heavy atom. The van der Waals surface area contributed by atoms with Crippen molar-refractivity contribution >= 4 is 35.0 Å². The van der Waals surface area contributed by atoms with Crippen LogP contribution >= 0.6 is 11.6 Å². The van der Waals surface area contributed by atoms with Gasteiger partial charge in [-0.05, 0) is 42.5 Å². The van der Waals surface area contributed by atoms with Crippen molar-refractivity contribution in [3.05, 3.63) is 70.3 Å². The minimum atomic E-state index is -0.928. The van der Waals surface area contributed by atoms with Gasteiger partial charge in [0.15, 0.2) is 5.69 Å². The van der Waals surface area contributed by atoms with E-state index in [0.717, 1.165) is 12.1 Å². The molecule has 148 valence electrons. The molecule has 2 aromatic carbocycles. The zero-order valence-corrected chi connectivity index (χ0v) is 15.7. The van der Waals surface area contributed by atoms with Crippen molar-refractivity contribution in [2.75, 3.05) is 12.4 Å². The van der Waals surface area contributed by atoms with E-state index >= 15 is 0 Å². The van der Waals surface area contributed by atoms with Crippen LogP contribution in [0.25, 0.3) is 11.5 Å². The predicted octanol–water partition coefficient (Wildman–Crippen LogP) is 2.84. The standard InChI is InChI=1S/C19H14ClFN4O4/c1-23-18(28)14-15(16(22)26)29-19(25-14)9-2-5-11(6-3-9)24-17(27)12-7-4-10(21)8-13(12)20/h2-8H,1H3,(H2,22,26)(H,23,28)(H,24,27). The molecule has 0 atom stereocenters. The maximum Gasteiger partial charge on any atom is 0.287 e. The highest BCUT2D eigenvalue weighted by Gasteiger charge is 2.23. The fourth-order valence-corrected chi connectivity index (χ4v) is 2.70. The first-order chi connectivity index (χ1) is 13.8. The Kier molecular flexibility index (Phi) is 5.60. The van der Waals surface area contributed by atoms with Gasteiger partial charge < -0.3 is 20.8 Å². The normalized spacial score (nSPS) is 10.4. The quantitative estimate of drug-likeness (QED) is 0.589. The van der Waals surface area contributed by atoms with Crippen molar-refractivity contribution in [3.8, 4) is 11.5 Å². The van der Waals surface area contributed by atoms with Crippen molar-refractivity contribution in [1.82, 2.24) is 10.3 Å². The van der Waals surface area contributed by atoms with Crippen LogP contribution in [-0.4, -0.2) is 29.8 Å². The number of carbonyl (C=O) groups excluding carboxylic acids is 3. The van der Waals surface area contributed by atoms with E-state index < -0.39 is 23.5 Å². The summed E-state index contributed by atoms with van der Waals surface area (Å²) in [5, 5.41) is 4.95. The third-order valence-corrected chi connectivity index (χ3v) is 4.17. The number of rotatable bonds is 5. The topological polar surface area (TPSA) is 127 Å². The smallest absolute Gasteiger partial charge is 0.287 e. The molecule has 0 aliphatic carbocycles. The third-order valence-electron chi connectivity index (χ3n) is 3.86. The van der Waals surface area contributed by atoms with Crippen LogP contribution in [0, 0.1) is 5.82 Å². The highest BCUT2D eigenvalue weighted by atomic mass is 35.5. The molecule has 1 aromatic heterocycles. The van der Waals surface area contributed by atoms with E-state index in [9.17, 15) is 18.8 Å². The highest BCUT2D eigenvalue weighted by molar-refractivity contribution is 6.34. The summed E-state index contributed by atoms with van der Waals surface area (Å²) in [5.74, 6) is -2.96. The van der Waals surface area contributed by atoms with Crippen LogP contribution in [0.4, 0.5) is 10.1 Å². The number of nitrogens with one attached hydrogen (secondary N) is 2. The summed E-state index contributed by atoms with van der Waals surface area (Å²) in [5.41, 5.74) is 5.98. The lowest BCUT2D eigenvalue weighted by Crippen LogP contribution is -2.23. The molecule has 0 radical (unpaired) electrons. The second-order valence-electron chi connectivity index (χ2n) is 5.80. The van der Waals surface area contributed by atoms with Crippen LogP contribution in [0.15, 0.2) is 46.9 Å². The van der Waals surface area contributed by atoms with Gasteiger partial charge in [-0.25, -0.2) is 9.37 Å². The number of amides is 3. The second kappa shape index (κ2) is 8.11. The molecule has 0 saturated carbocycles. The lowest BCUT2D eigenvalue weighted by Gasteiger charge is -2.07. The van der Waals surface area contributed by atoms with E-state index in [4.69, 9.17) is 21.8 Å². The number of halogens is 2. The Hall–Kier alpha value is -3.72. The first-order valence-electron chi connectivity index (χ1n) is 8.19. The van der Waals surface area contributed by atoms with E-state index in [1.54, 1.807) is 24.3 Å². The van der Waals surface area contributed by atoms with Crippen LogP contribution in [0.5, 0.6) is 0 Å². The number of oxazole rings is 1. The van der Waals surface area contributed by atoms with Gasteiger partial charge in [-0.1, -0.05) is 11.6 Å². The van der Waals surface area contributed by atoms with Crippen LogP contribution in [0.2, 0.25) is 5.02 Å². The van der Waals surface area contributed by atoms with Crippen LogP contribution < -0.4 is 16.4 Å². The number of hydrogen-bond acceptors (Lipinski definition) is 5. The fourth-order valence-electron chi connectivity index (χ4n) is 2.45. The van der Waals surface area contributed by atoms with Crippen LogP contribution in [0.1, 0.15) is 31.4 Å². The van der Waals surface area contributed by atoms with Crippen molar-refractivity contribution in [2.24, 2.45) is 5.73 Å². The number of benzene rings is 2. The third kappa shape index (κ3) is 4.25. The molecule has 0 unspecified atom stereocenters. The number of nitrogens with zero attached hydrogens (tertiary/aromatic N) is 1. The molecular formula is C19H14ClFN4O4. The van der Waals surface area contributed by atoms with Gasteiger partial charge in [-0.3, -0.25) is 14.4 Å². The highest BCUT2D eigenvalue weighted by Crippen LogP contribution is 2.25. The molecule has 3 aromatic rings. The summed E-state index contributed by atoms with van der Waals surface area (Å²) in [6.07, 6.45) is 0. The van der Waals surface area contributed by atoms with Crippen LogP contribution in [0.3, 0.4) is 0 Å². The number of hydrogen-bond donors (Lipinski definition) is 3. The first-order valence-corrected chi connectivity index (χ1v) is 8.57. The maximum atomic E-state index is 13.1. The molecule has 29 heavy (non-hydrogen) atoms. The molecule has 0 aliphatic heterocycles. The van der Waals surface area contributed by atoms with Gasteiger partial charge in [-0.15, -0.1) is 0 Å². The lowest BCUT2D eigenvalue weighted by atomic mass is 10.1. The molecule has 0 saturated heterocycles. The van der Waals surface area contributed by atoms with E-state index in [1.807, 2.05) is 0 Å². The zero-order chi connectivity index (χ0) is 21.1. The molecular weight excluding hydrogens is 403 g/mol. The average Bonchev–Trinajstić information content (AvgIpc) is 3.13. The number of nitrogens with two attached hydrogens (primary N) is 1. The molecule has 0 fully saturated rings. The molecule has 3 amide bonds. The molecule has 4 N–H and O–H groups in total. The van der Waals surface area contributed by atoms with Crippen molar-refractivity contribution < 1.29 is 23.2 Å². The van der Waals surface area contributed by atoms with Gasteiger partial charge in [0.2, 0.25) is 11.7 Å². The van der Waals surface area contributed by atoms with Crippen molar-refractivity contribution in [2.45, 2.75) is 0 Å². The van der Waals surface area contributed by atoms with Crippen molar-refractivity contribution in [1.29, 1.82) is 0 Å². The molecule has 8 nitrogen and oxygen atoms in total. The predicted molar refractivity (Wildman–Crippen MR) is 103 cm³/mol. The summed E-state index contributed by atoms with van der Waals surface area (Å²) < 4.78 is 18.4. The molecule has 1 heterocycles. The van der Waals surface area contributed by atoms with Gasteiger partial charge in [0, 0.05) is 18.3 Å². The van der Waals surface area contributed by atoms with Gasteiger partial charge in [0.05, 0.1) is 10.6 Å². The summed E-state index contributed by atoms with van der Waals surface area (Å²) in [7, 11) is 1.38. The number of primary amides is 1. The maximum absolute atomic E-state index is 13.1. The Morgan fingerprint density at radius 2 is 1.79 bits per heavy atom. The minimum absolute atomic E-state index is 0.0110. The van der Waals surface area contributed by atoms with E-state index in [2.05, 4.69) is 15.6 Å². The summed E-state index contributed by atoms with van der Waals surface area (Å²) in [6.45, 7) is 0. The minimum Gasteiger partial charge on any atom is -0.430 e. The summed E-state index contributed by atoms with van der Waals surface area (Å²) in [4.78, 5) is 39.6. The fraction of sp³-hybridized carbons (Fsp3) is 0.0526. The number of carbonyl (C=O) groups is 3. The Balaban J connectivity index is 1.82. The van der Waals surface area contributed by atoms with Gasteiger partial charge in [-0.2, -0.15) is 0 Å².